The predicted molar refractivity (Wildman–Crippen MR) is 86.9 cm³/mol. The number of rotatable bonds is 2. The van der Waals surface area contributed by atoms with E-state index in [1.165, 1.54) is 0 Å². The van der Waals surface area contributed by atoms with Crippen LogP contribution in [0.3, 0.4) is 0 Å². The number of nitrogens with zero attached hydrogens (tertiary/aromatic N) is 1. The number of carboxylic acids is 1. The van der Waals surface area contributed by atoms with Crippen LogP contribution in [-0.2, 0) is 0 Å². The monoisotopic (exact) mass is 443 g/mol. The van der Waals surface area contributed by atoms with E-state index in [-0.39, 0.29) is 56.9 Å². The minimum atomic E-state index is -1.21. The molecule has 0 aliphatic heterocycles. The van der Waals surface area contributed by atoms with Crippen LogP contribution >= 0.6 is 31.9 Å². The van der Waals surface area contributed by atoms with Gasteiger partial charge < -0.3 is 9.90 Å². The number of carbonyl (C=O) groups excluding carboxylic acids is 1. The Kier molecular flexibility index (Phi) is 6.35. The Bertz CT molecular complexity index is 868. The van der Waals surface area contributed by atoms with Crippen molar-refractivity contribution in [2.45, 2.75) is 0 Å². The van der Waals surface area contributed by atoms with Gasteiger partial charge in [0, 0.05) is 25.5 Å². The Morgan fingerprint density at radius 1 is 1.00 bits per heavy atom. The quantitative estimate of drug-likeness (QED) is 0.549. The molecule has 2 aromatic carbocycles. The molecule has 22 heavy (non-hydrogen) atoms. The summed E-state index contributed by atoms with van der Waals surface area (Å²) in [5, 5.41) is 12.0. The van der Waals surface area contributed by atoms with Crippen LogP contribution < -0.4 is 56.5 Å². The number of halogens is 2. The third-order valence-electron chi connectivity index (χ3n) is 3.11. The van der Waals surface area contributed by atoms with Gasteiger partial charge in [-0.05, 0) is 36.4 Å². The van der Waals surface area contributed by atoms with Crippen molar-refractivity contribution >= 4 is 48.7 Å². The first-order chi connectivity index (χ1) is 10.0. The molecule has 0 atom stereocenters. The zero-order chi connectivity index (χ0) is 15.0. The number of hydrogen-bond donors (Lipinski definition) is 0. The average molecular weight is 445 g/mol. The standard InChI is InChI=1S/C16H9Br2NO2.K/c17-10-3-1-2-9(6-10)15-8-13(16(20)21)12-7-11(18)4-5-14(12)19-15;/h1-8H,(H,20,21);/q;+1/p-1. The largest absolute Gasteiger partial charge is 1.00 e. The number of hydrogen-bond acceptors (Lipinski definition) is 3. The molecular formula is C16H8Br2KNO2. The van der Waals surface area contributed by atoms with Crippen LogP contribution in [0.1, 0.15) is 10.4 Å². The molecule has 0 bridgehead atoms. The zero-order valence-corrected chi connectivity index (χ0v) is 17.9. The fourth-order valence-electron chi connectivity index (χ4n) is 2.16. The van der Waals surface area contributed by atoms with Gasteiger partial charge in [0.1, 0.15) is 0 Å². The van der Waals surface area contributed by atoms with Crippen molar-refractivity contribution in [3.05, 3.63) is 63.0 Å². The third kappa shape index (κ3) is 3.87. The molecule has 0 aliphatic carbocycles. The summed E-state index contributed by atoms with van der Waals surface area (Å²) in [7, 11) is 0. The van der Waals surface area contributed by atoms with Gasteiger partial charge >= 0.3 is 51.4 Å². The molecule has 6 heteroatoms. The van der Waals surface area contributed by atoms with E-state index in [4.69, 9.17) is 0 Å². The summed E-state index contributed by atoms with van der Waals surface area (Å²) in [6, 6.07) is 14.5. The van der Waals surface area contributed by atoms with E-state index in [1.54, 1.807) is 18.2 Å². The second-order valence-corrected chi connectivity index (χ2v) is 6.35. The van der Waals surface area contributed by atoms with Gasteiger partial charge in [-0.2, -0.15) is 0 Å². The summed E-state index contributed by atoms with van der Waals surface area (Å²) in [6.45, 7) is 0. The van der Waals surface area contributed by atoms with Crippen LogP contribution in [0, 0.1) is 0 Å². The summed E-state index contributed by atoms with van der Waals surface area (Å²) in [5.74, 6) is -1.21. The Morgan fingerprint density at radius 3 is 2.41 bits per heavy atom. The fourth-order valence-corrected chi connectivity index (χ4v) is 2.92. The molecular weight excluding hydrogens is 437 g/mol. The van der Waals surface area contributed by atoms with Gasteiger partial charge in [-0.15, -0.1) is 0 Å². The molecule has 3 rings (SSSR count). The number of benzene rings is 2. The minimum Gasteiger partial charge on any atom is -0.545 e. The molecule has 0 saturated carbocycles. The summed E-state index contributed by atoms with van der Waals surface area (Å²) < 4.78 is 1.71. The number of pyridine rings is 1. The molecule has 104 valence electrons. The van der Waals surface area contributed by atoms with Gasteiger partial charge in [0.05, 0.1) is 17.2 Å². The van der Waals surface area contributed by atoms with Gasteiger partial charge in [-0.25, -0.2) is 4.98 Å². The normalized spacial score (nSPS) is 10.3. The van der Waals surface area contributed by atoms with Crippen molar-refractivity contribution in [2.24, 2.45) is 0 Å². The fraction of sp³-hybridized carbons (Fsp3) is 0. The van der Waals surface area contributed by atoms with Gasteiger partial charge in [-0.3, -0.25) is 0 Å². The number of aromatic nitrogens is 1. The van der Waals surface area contributed by atoms with Crippen molar-refractivity contribution in [2.75, 3.05) is 0 Å². The molecule has 0 fully saturated rings. The summed E-state index contributed by atoms with van der Waals surface area (Å²) >= 11 is 6.74. The molecule has 3 nitrogen and oxygen atoms in total. The van der Waals surface area contributed by atoms with Crippen molar-refractivity contribution < 1.29 is 61.3 Å². The Hall–Kier alpha value is -0.0836. The molecule has 0 saturated heterocycles. The second kappa shape index (κ2) is 7.66. The van der Waals surface area contributed by atoms with E-state index in [0.717, 1.165) is 14.5 Å². The minimum absolute atomic E-state index is 0. The molecule has 0 aliphatic rings. The number of aromatic carboxylic acids is 1. The van der Waals surface area contributed by atoms with E-state index in [9.17, 15) is 9.90 Å². The van der Waals surface area contributed by atoms with Crippen LogP contribution in [0.25, 0.3) is 22.2 Å². The number of fused-ring (bicyclic) bond motifs is 1. The van der Waals surface area contributed by atoms with Crippen LogP contribution in [-0.4, -0.2) is 11.0 Å². The molecule has 0 unspecified atom stereocenters. The Labute approximate surface area is 186 Å². The molecule has 0 amide bonds. The molecule has 0 N–H and O–H groups in total. The molecule has 0 spiro atoms. The van der Waals surface area contributed by atoms with Gasteiger partial charge in [-0.1, -0.05) is 44.0 Å². The predicted octanol–water partition coefficient (Wildman–Crippen LogP) is 0.794. The van der Waals surface area contributed by atoms with E-state index in [0.29, 0.717) is 16.6 Å². The average Bonchev–Trinajstić information content (AvgIpc) is 2.46. The van der Waals surface area contributed by atoms with E-state index in [2.05, 4.69) is 36.8 Å². The number of carboxylic acid groups (broad SMARTS) is 1. The van der Waals surface area contributed by atoms with Crippen molar-refractivity contribution in [3.63, 3.8) is 0 Å². The van der Waals surface area contributed by atoms with Gasteiger partial charge in [0.2, 0.25) is 0 Å². The first kappa shape index (κ1) is 18.3. The summed E-state index contributed by atoms with van der Waals surface area (Å²) in [4.78, 5) is 16.0. The first-order valence-electron chi connectivity index (χ1n) is 6.12. The first-order valence-corrected chi connectivity index (χ1v) is 7.71. The SMILES string of the molecule is O=C([O-])c1cc(-c2cccc(Br)c2)nc2ccc(Br)cc12.[K+]. The maximum atomic E-state index is 11.4. The number of carbonyl (C=O) groups is 1. The van der Waals surface area contributed by atoms with Crippen LogP contribution in [0.2, 0.25) is 0 Å². The van der Waals surface area contributed by atoms with Crippen LogP contribution in [0.4, 0.5) is 0 Å². The smallest absolute Gasteiger partial charge is 0.545 e. The van der Waals surface area contributed by atoms with Crippen molar-refractivity contribution in [3.8, 4) is 11.3 Å². The van der Waals surface area contributed by atoms with Gasteiger partial charge in [0.15, 0.2) is 0 Å². The summed E-state index contributed by atoms with van der Waals surface area (Å²) in [6.07, 6.45) is 0. The molecule has 1 heterocycles. The molecule has 1 aromatic heterocycles. The molecule has 3 aromatic rings. The second-order valence-electron chi connectivity index (χ2n) is 4.51. The van der Waals surface area contributed by atoms with Gasteiger partial charge in [0.25, 0.3) is 0 Å². The van der Waals surface area contributed by atoms with Crippen molar-refractivity contribution in [1.82, 2.24) is 4.98 Å². The van der Waals surface area contributed by atoms with E-state index < -0.39 is 5.97 Å². The Morgan fingerprint density at radius 2 is 1.73 bits per heavy atom. The van der Waals surface area contributed by atoms with Crippen LogP contribution in [0.15, 0.2) is 57.5 Å². The third-order valence-corrected chi connectivity index (χ3v) is 4.10. The summed E-state index contributed by atoms with van der Waals surface area (Å²) in [5.41, 5.74) is 2.20. The topological polar surface area (TPSA) is 53.0 Å². The maximum absolute atomic E-state index is 11.4. The van der Waals surface area contributed by atoms with Crippen LogP contribution in [0.5, 0.6) is 0 Å². The van der Waals surface area contributed by atoms with Crippen molar-refractivity contribution in [1.29, 1.82) is 0 Å². The molecule has 0 radical (unpaired) electrons. The Balaban J connectivity index is 0.00000176. The maximum Gasteiger partial charge on any atom is 1.00 e. The zero-order valence-electron chi connectivity index (χ0n) is 11.6. The van der Waals surface area contributed by atoms with E-state index in [1.807, 2.05) is 30.3 Å². The van der Waals surface area contributed by atoms with E-state index >= 15 is 0 Å².